The molecule has 168 valence electrons. The number of hydrogen-bond acceptors (Lipinski definition) is 5. The molecule has 31 heavy (non-hydrogen) atoms. The number of ether oxygens (including phenoxy) is 1. The lowest BCUT2D eigenvalue weighted by atomic mass is 10.1. The molecule has 0 saturated carbocycles. The van der Waals surface area contributed by atoms with E-state index in [2.05, 4.69) is 4.98 Å². The van der Waals surface area contributed by atoms with Gasteiger partial charge < -0.3 is 9.64 Å². The molecule has 3 rings (SSSR count). The Kier molecular flexibility index (Phi) is 6.56. The van der Waals surface area contributed by atoms with Gasteiger partial charge in [0.1, 0.15) is 11.8 Å². The Bertz CT molecular complexity index is 1030. The fraction of sp³-hybridized carbons (Fsp3) is 0.400. The van der Waals surface area contributed by atoms with Gasteiger partial charge in [-0.3, -0.25) is 4.79 Å². The summed E-state index contributed by atoms with van der Waals surface area (Å²) in [7, 11) is -3.61. The molecule has 2 heterocycles. The van der Waals surface area contributed by atoms with Crippen molar-refractivity contribution in [2.24, 2.45) is 0 Å². The van der Waals surface area contributed by atoms with E-state index in [4.69, 9.17) is 4.74 Å². The van der Waals surface area contributed by atoms with Crippen molar-refractivity contribution in [1.29, 1.82) is 0 Å². The summed E-state index contributed by atoms with van der Waals surface area (Å²) in [5.74, 6) is -0.471. The molecule has 1 saturated heterocycles. The van der Waals surface area contributed by atoms with Gasteiger partial charge in [0.2, 0.25) is 15.9 Å². The zero-order valence-electron chi connectivity index (χ0n) is 17.0. The standard InChI is InChI=1S/C20H22F3N3O4S/c1-3-26(4-2)31(28,29)16-10-8-14(9-11-16)19(27)25-12-15(13-25)30-18-7-5-6-17(24-18)20(21,22)23/h5-11,15H,3-4,12-13H2,1-2H3. The van der Waals surface area contributed by atoms with Gasteiger partial charge in [0.15, 0.2) is 0 Å². The summed E-state index contributed by atoms with van der Waals surface area (Å²) in [4.78, 5) is 17.6. The number of carbonyl (C=O) groups is 1. The van der Waals surface area contributed by atoms with E-state index in [1.165, 1.54) is 45.6 Å². The van der Waals surface area contributed by atoms with Gasteiger partial charge in [0, 0.05) is 24.7 Å². The average molecular weight is 457 g/mol. The summed E-state index contributed by atoms with van der Waals surface area (Å²) in [6.45, 7) is 4.56. The van der Waals surface area contributed by atoms with Crippen LogP contribution in [0.1, 0.15) is 29.9 Å². The maximum atomic E-state index is 12.7. The molecule has 11 heteroatoms. The van der Waals surface area contributed by atoms with Crippen molar-refractivity contribution < 1.29 is 31.1 Å². The minimum Gasteiger partial charge on any atom is -0.471 e. The topological polar surface area (TPSA) is 79.8 Å². The van der Waals surface area contributed by atoms with Crippen molar-refractivity contribution in [3.8, 4) is 5.88 Å². The molecule has 1 amide bonds. The maximum absolute atomic E-state index is 12.7. The van der Waals surface area contributed by atoms with Crippen molar-refractivity contribution in [3.63, 3.8) is 0 Å². The van der Waals surface area contributed by atoms with E-state index in [-0.39, 0.29) is 29.8 Å². The highest BCUT2D eigenvalue weighted by Crippen LogP contribution is 2.29. The van der Waals surface area contributed by atoms with Crippen molar-refractivity contribution in [3.05, 3.63) is 53.7 Å². The number of hydrogen-bond donors (Lipinski definition) is 0. The fourth-order valence-electron chi connectivity index (χ4n) is 3.15. The molecule has 1 fully saturated rings. The zero-order valence-corrected chi connectivity index (χ0v) is 17.8. The molecule has 0 N–H and O–H groups in total. The number of likely N-dealkylation sites (tertiary alicyclic amines) is 1. The number of alkyl halides is 3. The third-order valence-electron chi connectivity index (χ3n) is 4.88. The predicted molar refractivity (Wildman–Crippen MR) is 106 cm³/mol. The lowest BCUT2D eigenvalue weighted by Crippen LogP contribution is -2.56. The SMILES string of the molecule is CCN(CC)S(=O)(=O)c1ccc(C(=O)N2CC(Oc3cccc(C(F)(F)F)n3)C2)cc1. The van der Waals surface area contributed by atoms with Crippen LogP contribution >= 0.6 is 0 Å². The number of rotatable bonds is 7. The molecule has 0 aliphatic carbocycles. The lowest BCUT2D eigenvalue weighted by Gasteiger charge is -2.38. The first kappa shape index (κ1) is 23.0. The summed E-state index contributed by atoms with van der Waals surface area (Å²) < 4.78 is 70.0. The number of aromatic nitrogens is 1. The molecule has 0 radical (unpaired) electrons. The largest absolute Gasteiger partial charge is 0.471 e. The quantitative estimate of drug-likeness (QED) is 0.639. The van der Waals surface area contributed by atoms with Crippen LogP contribution in [0.25, 0.3) is 0 Å². The first-order valence-electron chi connectivity index (χ1n) is 9.66. The number of nitrogens with zero attached hydrogens (tertiary/aromatic N) is 3. The highest BCUT2D eigenvalue weighted by Gasteiger charge is 2.35. The molecule has 0 spiro atoms. The number of amides is 1. The number of halogens is 3. The Hall–Kier alpha value is -2.66. The van der Waals surface area contributed by atoms with Crippen LogP contribution in [0.15, 0.2) is 47.4 Å². The molecule has 7 nitrogen and oxygen atoms in total. The Morgan fingerprint density at radius 2 is 1.74 bits per heavy atom. The van der Waals surface area contributed by atoms with Crippen LogP contribution in [0.5, 0.6) is 5.88 Å². The molecule has 1 aliphatic heterocycles. The van der Waals surface area contributed by atoms with Gasteiger partial charge >= 0.3 is 6.18 Å². The van der Waals surface area contributed by atoms with Crippen LogP contribution in [0.3, 0.4) is 0 Å². The van der Waals surface area contributed by atoms with Gasteiger partial charge in [-0.25, -0.2) is 13.4 Å². The minimum absolute atomic E-state index is 0.105. The monoisotopic (exact) mass is 457 g/mol. The van der Waals surface area contributed by atoms with E-state index in [0.29, 0.717) is 18.7 Å². The summed E-state index contributed by atoms with van der Waals surface area (Å²) in [6, 6.07) is 9.06. The highest BCUT2D eigenvalue weighted by molar-refractivity contribution is 7.89. The fourth-order valence-corrected chi connectivity index (χ4v) is 4.61. The van der Waals surface area contributed by atoms with Crippen molar-refractivity contribution in [1.82, 2.24) is 14.2 Å². The second-order valence-electron chi connectivity index (χ2n) is 6.92. The first-order chi connectivity index (χ1) is 14.6. The molecule has 1 aromatic carbocycles. The van der Waals surface area contributed by atoms with Crippen molar-refractivity contribution in [2.45, 2.75) is 31.0 Å². The van der Waals surface area contributed by atoms with E-state index < -0.39 is 28.0 Å². The summed E-state index contributed by atoms with van der Waals surface area (Å²) in [5, 5.41) is 0. The van der Waals surface area contributed by atoms with Crippen LogP contribution in [0.4, 0.5) is 13.2 Å². The third-order valence-corrected chi connectivity index (χ3v) is 6.95. The van der Waals surface area contributed by atoms with E-state index >= 15 is 0 Å². The van der Waals surface area contributed by atoms with Crippen LogP contribution in [0, 0.1) is 0 Å². The Morgan fingerprint density at radius 1 is 1.13 bits per heavy atom. The van der Waals surface area contributed by atoms with Crippen LogP contribution in [0.2, 0.25) is 0 Å². The summed E-state index contributed by atoms with van der Waals surface area (Å²) in [5.41, 5.74) is -0.730. The number of sulfonamides is 1. The normalized spacial score (nSPS) is 15.1. The summed E-state index contributed by atoms with van der Waals surface area (Å²) >= 11 is 0. The van der Waals surface area contributed by atoms with E-state index in [1.807, 2.05) is 0 Å². The van der Waals surface area contributed by atoms with E-state index in [9.17, 15) is 26.4 Å². The van der Waals surface area contributed by atoms with E-state index in [1.54, 1.807) is 13.8 Å². The van der Waals surface area contributed by atoms with E-state index in [0.717, 1.165) is 6.07 Å². The van der Waals surface area contributed by atoms with Gasteiger partial charge in [-0.05, 0) is 30.3 Å². The summed E-state index contributed by atoms with van der Waals surface area (Å²) in [6.07, 6.45) is -5.03. The number of benzene rings is 1. The molecular formula is C20H22F3N3O4S. The van der Waals surface area contributed by atoms with Crippen molar-refractivity contribution in [2.75, 3.05) is 26.2 Å². The zero-order chi connectivity index (χ0) is 22.8. The molecule has 0 unspecified atom stereocenters. The molecule has 1 aromatic heterocycles. The average Bonchev–Trinajstić information content (AvgIpc) is 2.70. The van der Waals surface area contributed by atoms with Gasteiger partial charge in [0.05, 0.1) is 18.0 Å². The Morgan fingerprint density at radius 3 is 2.29 bits per heavy atom. The van der Waals surface area contributed by atoms with Gasteiger partial charge in [-0.15, -0.1) is 0 Å². The van der Waals surface area contributed by atoms with Gasteiger partial charge in [0.25, 0.3) is 5.91 Å². The Labute approximate surface area is 178 Å². The van der Waals surface area contributed by atoms with Crippen LogP contribution < -0.4 is 4.74 Å². The molecule has 0 bridgehead atoms. The lowest BCUT2D eigenvalue weighted by molar-refractivity contribution is -0.141. The van der Waals surface area contributed by atoms with Crippen LogP contribution in [-0.2, 0) is 16.2 Å². The van der Waals surface area contributed by atoms with Gasteiger partial charge in [-0.1, -0.05) is 19.9 Å². The number of carbonyl (C=O) groups excluding carboxylic acids is 1. The smallest absolute Gasteiger partial charge is 0.433 e. The molecule has 1 aliphatic rings. The molecular weight excluding hydrogens is 435 g/mol. The Balaban J connectivity index is 1.60. The van der Waals surface area contributed by atoms with Crippen LogP contribution in [-0.4, -0.2) is 60.8 Å². The molecule has 2 aromatic rings. The first-order valence-corrected chi connectivity index (χ1v) is 11.1. The van der Waals surface area contributed by atoms with Crippen molar-refractivity contribution >= 4 is 15.9 Å². The third kappa shape index (κ3) is 4.99. The second-order valence-corrected chi connectivity index (χ2v) is 8.86. The highest BCUT2D eigenvalue weighted by atomic mass is 32.2. The number of pyridine rings is 1. The predicted octanol–water partition coefficient (Wildman–Crippen LogP) is 3.03. The van der Waals surface area contributed by atoms with Gasteiger partial charge in [-0.2, -0.15) is 17.5 Å². The molecule has 0 atom stereocenters. The maximum Gasteiger partial charge on any atom is 0.433 e. The second kappa shape index (κ2) is 8.83. The minimum atomic E-state index is -4.56.